The van der Waals surface area contributed by atoms with E-state index >= 15 is 0 Å². The standard InChI is InChI=1S/C23H19ClN2O5/c1-29-19-9-5-17(6-10-19)23(28)31-21-4-2-3-16(13-21)14-25-26-22(27)15-30-20-11-7-18(24)8-12-20/h2-14H,15H2,1H3,(H,26,27)/b25-14-. The molecule has 158 valence electrons. The number of ether oxygens (including phenoxy) is 3. The van der Waals surface area contributed by atoms with Crippen molar-refractivity contribution in [3.63, 3.8) is 0 Å². The molecular formula is C23H19ClN2O5. The second-order valence-electron chi connectivity index (χ2n) is 6.23. The number of carbonyl (C=O) groups is 2. The first-order valence-electron chi connectivity index (χ1n) is 9.20. The van der Waals surface area contributed by atoms with Crippen molar-refractivity contribution in [3.05, 3.63) is 88.9 Å². The zero-order valence-corrected chi connectivity index (χ0v) is 17.3. The van der Waals surface area contributed by atoms with Crippen LogP contribution in [0.15, 0.2) is 77.9 Å². The number of hydrogen-bond acceptors (Lipinski definition) is 6. The van der Waals surface area contributed by atoms with Gasteiger partial charge < -0.3 is 14.2 Å². The molecule has 0 aliphatic rings. The molecule has 0 radical (unpaired) electrons. The van der Waals surface area contributed by atoms with E-state index in [2.05, 4.69) is 10.5 Å². The normalized spacial score (nSPS) is 10.5. The lowest BCUT2D eigenvalue weighted by Crippen LogP contribution is -2.24. The third-order valence-corrected chi connectivity index (χ3v) is 4.23. The minimum Gasteiger partial charge on any atom is -0.497 e. The Labute approximate surface area is 184 Å². The predicted octanol–water partition coefficient (Wildman–Crippen LogP) is 4.10. The summed E-state index contributed by atoms with van der Waals surface area (Å²) in [7, 11) is 1.55. The molecule has 3 aromatic carbocycles. The number of esters is 1. The van der Waals surface area contributed by atoms with E-state index in [9.17, 15) is 9.59 Å². The lowest BCUT2D eigenvalue weighted by molar-refractivity contribution is -0.123. The minimum absolute atomic E-state index is 0.196. The van der Waals surface area contributed by atoms with Crippen molar-refractivity contribution in [2.24, 2.45) is 5.10 Å². The summed E-state index contributed by atoms with van der Waals surface area (Å²) >= 11 is 5.80. The molecule has 31 heavy (non-hydrogen) atoms. The van der Waals surface area contributed by atoms with Gasteiger partial charge in [0.25, 0.3) is 5.91 Å². The molecule has 0 fully saturated rings. The van der Waals surface area contributed by atoms with E-state index in [1.54, 1.807) is 79.9 Å². The fourth-order valence-corrected chi connectivity index (χ4v) is 2.57. The summed E-state index contributed by atoms with van der Waals surface area (Å²) < 4.78 is 15.8. The molecule has 1 amide bonds. The molecule has 0 bridgehead atoms. The maximum Gasteiger partial charge on any atom is 0.343 e. The van der Waals surface area contributed by atoms with E-state index in [0.29, 0.717) is 33.4 Å². The van der Waals surface area contributed by atoms with Gasteiger partial charge in [-0.1, -0.05) is 23.7 Å². The number of methoxy groups -OCH3 is 1. The Balaban J connectivity index is 1.50. The molecular weight excluding hydrogens is 420 g/mol. The zero-order valence-electron chi connectivity index (χ0n) is 16.6. The predicted molar refractivity (Wildman–Crippen MR) is 117 cm³/mol. The van der Waals surface area contributed by atoms with Crippen LogP contribution in [0.5, 0.6) is 17.2 Å². The van der Waals surface area contributed by atoms with Gasteiger partial charge in [0.05, 0.1) is 18.9 Å². The van der Waals surface area contributed by atoms with E-state index in [4.69, 9.17) is 25.8 Å². The number of nitrogens with zero attached hydrogens (tertiary/aromatic N) is 1. The van der Waals surface area contributed by atoms with Crippen molar-refractivity contribution < 1.29 is 23.8 Å². The van der Waals surface area contributed by atoms with Gasteiger partial charge in [0.15, 0.2) is 6.61 Å². The first kappa shape index (κ1) is 21.9. The van der Waals surface area contributed by atoms with Crippen LogP contribution in [0.3, 0.4) is 0 Å². The largest absolute Gasteiger partial charge is 0.497 e. The molecule has 8 heteroatoms. The van der Waals surface area contributed by atoms with Crippen LogP contribution in [0.2, 0.25) is 5.02 Å². The van der Waals surface area contributed by atoms with Crippen molar-refractivity contribution in [2.45, 2.75) is 0 Å². The smallest absolute Gasteiger partial charge is 0.343 e. The molecule has 3 rings (SSSR count). The van der Waals surface area contributed by atoms with Crippen LogP contribution in [0.1, 0.15) is 15.9 Å². The van der Waals surface area contributed by atoms with E-state index < -0.39 is 11.9 Å². The average molecular weight is 439 g/mol. The molecule has 0 unspecified atom stereocenters. The molecule has 0 saturated carbocycles. The Morgan fingerprint density at radius 1 is 0.968 bits per heavy atom. The summed E-state index contributed by atoms with van der Waals surface area (Å²) in [5.74, 6) is 0.602. The van der Waals surface area contributed by atoms with Gasteiger partial charge in [0.1, 0.15) is 17.2 Å². The monoisotopic (exact) mass is 438 g/mol. The highest BCUT2D eigenvalue weighted by atomic mass is 35.5. The van der Waals surface area contributed by atoms with E-state index in [1.807, 2.05) is 0 Å². The first-order valence-corrected chi connectivity index (χ1v) is 9.58. The highest BCUT2D eigenvalue weighted by molar-refractivity contribution is 6.30. The third-order valence-electron chi connectivity index (χ3n) is 3.98. The van der Waals surface area contributed by atoms with Crippen molar-refractivity contribution >= 4 is 29.7 Å². The van der Waals surface area contributed by atoms with E-state index in [1.165, 1.54) is 6.21 Å². The lowest BCUT2D eigenvalue weighted by atomic mass is 10.2. The third kappa shape index (κ3) is 6.87. The summed E-state index contributed by atoms with van der Waals surface area (Å²) in [5, 5.41) is 4.47. The van der Waals surface area contributed by atoms with Gasteiger partial charge in [0.2, 0.25) is 0 Å². The lowest BCUT2D eigenvalue weighted by Gasteiger charge is -2.06. The highest BCUT2D eigenvalue weighted by Crippen LogP contribution is 2.17. The molecule has 0 aliphatic heterocycles. The molecule has 7 nitrogen and oxygen atoms in total. The minimum atomic E-state index is -0.496. The van der Waals surface area contributed by atoms with Crippen molar-refractivity contribution in [2.75, 3.05) is 13.7 Å². The van der Waals surface area contributed by atoms with E-state index in [-0.39, 0.29) is 6.61 Å². The Hall–Kier alpha value is -3.84. The molecule has 0 spiro atoms. The summed E-state index contributed by atoms with van der Waals surface area (Å²) in [6.07, 6.45) is 1.44. The number of hydrazone groups is 1. The van der Waals surface area contributed by atoms with Crippen LogP contribution < -0.4 is 19.6 Å². The van der Waals surface area contributed by atoms with Crippen LogP contribution in [0, 0.1) is 0 Å². The second kappa shape index (κ2) is 10.8. The van der Waals surface area contributed by atoms with Crippen molar-refractivity contribution in [1.82, 2.24) is 5.43 Å². The highest BCUT2D eigenvalue weighted by Gasteiger charge is 2.09. The SMILES string of the molecule is COc1ccc(C(=O)Oc2cccc(/C=N\NC(=O)COc3ccc(Cl)cc3)c2)cc1. The molecule has 1 N–H and O–H groups in total. The Morgan fingerprint density at radius 3 is 2.39 bits per heavy atom. The molecule has 0 aliphatic carbocycles. The number of carbonyl (C=O) groups excluding carboxylic acids is 2. The van der Waals surface area contributed by atoms with E-state index in [0.717, 1.165) is 0 Å². The topological polar surface area (TPSA) is 86.2 Å². The number of rotatable bonds is 8. The van der Waals surface area contributed by atoms with Crippen molar-refractivity contribution in [1.29, 1.82) is 0 Å². The second-order valence-corrected chi connectivity index (χ2v) is 6.66. The Bertz CT molecular complexity index is 1070. The molecule has 3 aromatic rings. The van der Waals surface area contributed by atoms with Crippen LogP contribution in [0.4, 0.5) is 0 Å². The first-order chi connectivity index (χ1) is 15.0. The molecule has 0 aromatic heterocycles. The quantitative estimate of drug-likeness (QED) is 0.248. The molecule has 0 atom stereocenters. The summed E-state index contributed by atoms with van der Waals surface area (Å²) in [4.78, 5) is 24.1. The van der Waals surface area contributed by atoms with Crippen molar-refractivity contribution in [3.8, 4) is 17.2 Å². The molecule has 0 saturated heterocycles. The van der Waals surface area contributed by atoms with Gasteiger partial charge in [-0.15, -0.1) is 0 Å². The average Bonchev–Trinajstić information content (AvgIpc) is 2.79. The summed E-state index contributed by atoms with van der Waals surface area (Å²) in [6, 6.07) is 20.0. The number of benzene rings is 3. The van der Waals surface area contributed by atoms with Gasteiger partial charge in [0, 0.05) is 5.02 Å². The number of nitrogens with one attached hydrogen (secondary N) is 1. The Morgan fingerprint density at radius 2 is 1.68 bits per heavy atom. The fourth-order valence-electron chi connectivity index (χ4n) is 2.44. The summed E-state index contributed by atoms with van der Waals surface area (Å²) in [6.45, 7) is -0.196. The number of hydrogen-bond donors (Lipinski definition) is 1. The fraction of sp³-hybridized carbons (Fsp3) is 0.0870. The Kier molecular flexibility index (Phi) is 7.61. The van der Waals surface area contributed by atoms with Gasteiger partial charge in [-0.2, -0.15) is 5.10 Å². The van der Waals surface area contributed by atoms with Crippen LogP contribution >= 0.6 is 11.6 Å². The molecule has 0 heterocycles. The van der Waals surface area contributed by atoms with Gasteiger partial charge in [-0.3, -0.25) is 4.79 Å². The number of halogens is 1. The maximum atomic E-state index is 12.3. The van der Waals surface area contributed by atoms with Gasteiger partial charge >= 0.3 is 5.97 Å². The maximum absolute atomic E-state index is 12.3. The number of amides is 1. The van der Waals surface area contributed by atoms with Gasteiger partial charge in [-0.05, 0) is 66.2 Å². The van der Waals surface area contributed by atoms with Crippen LogP contribution in [-0.4, -0.2) is 31.8 Å². The van der Waals surface area contributed by atoms with Crippen LogP contribution in [0.25, 0.3) is 0 Å². The zero-order chi connectivity index (χ0) is 22.1. The summed E-state index contributed by atoms with van der Waals surface area (Å²) in [5.41, 5.74) is 3.40. The van der Waals surface area contributed by atoms with Gasteiger partial charge in [-0.25, -0.2) is 10.2 Å². The van der Waals surface area contributed by atoms with Crippen LogP contribution in [-0.2, 0) is 4.79 Å².